The van der Waals surface area contributed by atoms with Gasteiger partial charge < -0.3 is 14.6 Å². The van der Waals surface area contributed by atoms with Crippen molar-refractivity contribution < 1.29 is 23.0 Å². The summed E-state index contributed by atoms with van der Waals surface area (Å²) in [4.78, 5) is 0.207. The minimum absolute atomic E-state index is 0.0538. The van der Waals surface area contributed by atoms with E-state index in [0.29, 0.717) is 36.7 Å². The molecule has 1 aromatic carbocycles. The molecule has 4 rings (SSSR count). The monoisotopic (exact) mass is 393 g/mol. The van der Waals surface area contributed by atoms with Gasteiger partial charge in [-0.1, -0.05) is 6.07 Å². The van der Waals surface area contributed by atoms with Crippen molar-refractivity contribution in [1.29, 1.82) is 0 Å². The van der Waals surface area contributed by atoms with E-state index in [0.717, 1.165) is 5.56 Å². The fourth-order valence-electron chi connectivity index (χ4n) is 3.79. The van der Waals surface area contributed by atoms with Gasteiger partial charge in [0.1, 0.15) is 4.90 Å². The number of fused-ring (bicyclic) bond motifs is 1. The Kier molecular flexibility index (Phi) is 4.61. The quantitative estimate of drug-likeness (QED) is 0.846. The number of nitrogens with zero attached hydrogens (tertiary/aromatic N) is 3. The molecule has 0 amide bonds. The molecule has 1 saturated heterocycles. The Bertz CT molecular complexity index is 956. The lowest BCUT2D eigenvalue weighted by atomic mass is 9.88. The topological polar surface area (TPSA) is 93.9 Å². The summed E-state index contributed by atoms with van der Waals surface area (Å²) in [6.07, 6.45) is 1.13. The van der Waals surface area contributed by atoms with Gasteiger partial charge in [-0.2, -0.15) is 9.40 Å². The first-order valence-electron chi connectivity index (χ1n) is 9.02. The minimum Gasteiger partial charge on any atom is -0.454 e. The molecule has 3 heterocycles. The first kappa shape index (κ1) is 18.3. The van der Waals surface area contributed by atoms with E-state index < -0.39 is 16.1 Å². The zero-order valence-corrected chi connectivity index (χ0v) is 16.1. The number of aryl methyl sites for hydroxylation is 1. The van der Waals surface area contributed by atoms with Gasteiger partial charge in [0.2, 0.25) is 16.8 Å². The lowest BCUT2D eigenvalue weighted by Gasteiger charge is -2.35. The first-order chi connectivity index (χ1) is 12.9. The molecule has 0 bridgehead atoms. The van der Waals surface area contributed by atoms with Crippen molar-refractivity contribution in [3.63, 3.8) is 0 Å². The first-order valence-corrected chi connectivity index (χ1v) is 10.5. The van der Waals surface area contributed by atoms with Crippen LogP contribution in [-0.2, 0) is 16.6 Å². The van der Waals surface area contributed by atoms with Crippen molar-refractivity contribution >= 4 is 10.0 Å². The molecule has 1 fully saturated rings. The maximum absolute atomic E-state index is 13.0. The highest BCUT2D eigenvalue weighted by atomic mass is 32.2. The zero-order chi connectivity index (χ0) is 19.2. The van der Waals surface area contributed by atoms with E-state index in [1.165, 1.54) is 10.5 Å². The van der Waals surface area contributed by atoms with Crippen LogP contribution in [-0.4, -0.2) is 53.6 Å². The van der Waals surface area contributed by atoms with Gasteiger partial charge in [-0.3, -0.25) is 4.68 Å². The number of aliphatic hydroxyl groups is 1. The summed E-state index contributed by atoms with van der Waals surface area (Å²) in [6, 6.07) is 5.60. The van der Waals surface area contributed by atoms with Crippen LogP contribution in [0, 0.1) is 6.92 Å². The number of sulfonamides is 1. The molecule has 0 radical (unpaired) electrons. The number of β-amino-alcohol motifs (C(OH)–C–C–N with tert-alkyl or cyclic N) is 1. The molecule has 0 unspecified atom stereocenters. The van der Waals surface area contributed by atoms with Crippen molar-refractivity contribution in [3.8, 4) is 11.5 Å². The molecule has 2 aliphatic heterocycles. The van der Waals surface area contributed by atoms with E-state index in [9.17, 15) is 13.5 Å². The third-order valence-corrected chi connectivity index (χ3v) is 7.31. The molecule has 0 aliphatic carbocycles. The van der Waals surface area contributed by atoms with Crippen LogP contribution in [0.25, 0.3) is 0 Å². The van der Waals surface area contributed by atoms with E-state index >= 15 is 0 Å². The number of ether oxygens (including phenoxy) is 2. The van der Waals surface area contributed by atoms with Crippen LogP contribution in [0.1, 0.15) is 30.5 Å². The Balaban J connectivity index is 1.53. The molecule has 9 heteroatoms. The molecular formula is C18H23N3O5S. The normalized spacial score (nSPS) is 22.9. The molecule has 2 atom stereocenters. The summed E-state index contributed by atoms with van der Waals surface area (Å²) in [5.74, 6) is 1.21. The fourth-order valence-corrected chi connectivity index (χ4v) is 5.43. The van der Waals surface area contributed by atoms with E-state index in [4.69, 9.17) is 9.47 Å². The molecule has 2 aliphatic rings. The average molecular weight is 393 g/mol. The van der Waals surface area contributed by atoms with E-state index in [2.05, 4.69) is 5.10 Å². The van der Waals surface area contributed by atoms with Crippen molar-refractivity contribution in [1.82, 2.24) is 14.1 Å². The molecule has 1 aromatic heterocycles. The Morgan fingerprint density at radius 1 is 1.30 bits per heavy atom. The largest absolute Gasteiger partial charge is 0.454 e. The van der Waals surface area contributed by atoms with Gasteiger partial charge in [-0.15, -0.1) is 0 Å². The maximum Gasteiger partial charge on any atom is 0.246 e. The van der Waals surface area contributed by atoms with Crippen molar-refractivity contribution in [2.45, 2.75) is 43.7 Å². The number of aromatic nitrogens is 2. The van der Waals surface area contributed by atoms with Crippen LogP contribution < -0.4 is 9.47 Å². The predicted octanol–water partition coefficient (Wildman–Crippen LogP) is 1.48. The van der Waals surface area contributed by atoms with Gasteiger partial charge in [0.15, 0.2) is 11.5 Å². The molecule has 0 saturated carbocycles. The molecule has 8 nitrogen and oxygen atoms in total. The van der Waals surface area contributed by atoms with E-state index in [1.807, 2.05) is 25.1 Å². The highest BCUT2D eigenvalue weighted by Gasteiger charge is 2.37. The number of benzene rings is 1. The smallest absolute Gasteiger partial charge is 0.246 e. The average Bonchev–Trinajstić information content (AvgIpc) is 3.27. The third kappa shape index (κ3) is 3.09. The molecule has 27 heavy (non-hydrogen) atoms. The van der Waals surface area contributed by atoms with Gasteiger partial charge in [0.25, 0.3) is 0 Å². The number of hydrogen-bond donors (Lipinski definition) is 1. The Hall–Kier alpha value is -2.10. The lowest BCUT2D eigenvalue weighted by Crippen LogP contribution is -2.45. The Morgan fingerprint density at radius 3 is 2.78 bits per heavy atom. The molecular weight excluding hydrogens is 370 g/mol. The summed E-state index contributed by atoms with van der Waals surface area (Å²) in [5.41, 5.74) is 1.55. The summed E-state index contributed by atoms with van der Waals surface area (Å²) < 4.78 is 39.7. The lowest BCUT2D eigenvalue weighted by molar-refractivity contribution is 0.0853. The van der Waals surface area contributed by atoms with Gasteiger partial charge in [0.05, 0.1) is 18.0 Å². The van der Waals surface area contributed by atoms with Gasteiger partial charge in [0, 0.05) is 25.6 Å². The molecule has 2 aromatic rings. The zero-order valence-electron chi connectivity index (χ0n) is 15.3. The molecule has 1 N–H and O–H groups in total. The summed E-state index contributed by atoms with van der Waals surface area (Å²) in [7, 11) is -3.68. The van der Waals surface area contributed by atoms with Crippen LogP contribution in [0.4, 0.5) is 0 Å². The van der Waals surface area contributed by atoms with Gasteiger partial charge in [-0.25, -0.2) is 8.42 Å². The van der Waals surface area contributed by atoms with Crippen LogP contribution >= 0.6 is 0 Å². The second-order valence-corrected chi connectivity index (χ2v) is 8.75. The standard InChI is InChI=1S/C18H23N3O5S/c1-3-21-12(2)18(9-19-21)27(23,24)20-7-6-14(15(22)10-20)13-4-5-16-17(8-13)26-11-25-16/h4-5,8-9,14-15,22H,3,6-7,10-11H2,1-2H3/t14-,15+/m0/s1. The van der Waals surface area contributed by atoms with Crippen LogP contribution in [0.15, 0.2) is 29.3 Å². The van der Waals surface area contributed by atoms with Crippen molar-refractivity contribution in [2.24, 2.45) is 0 Å². The van der Waals surface area contributed by atoms with Gasteiger partial charge in [-0.05, 0) is 38.0 Å². The van der Waals surface area contributed by atoms with Gasteiger partial charge >= 0.3 is 0 Å². The number of hydrogen-bond acceptors (Lipinski definition) is 6. The van der Waals surface area contributed by atoms with Crippen molar-refractivity contribution in [2.75, 3.05) is 19.9 Å². The van der Waals surface area contributed by atoms with Crippen molar-refractivity contribution in [3.05, 3.63) is 35.7 Å². The number of rotatable bonds is 4. The van der Waals surface area contributed by atoms with Crippen LogP contribution in [0.5, 0.6) is 11.5 Å². The number of piperidine rings is 1. The van der Waals surface area contributed by atoms with Crippen LogP contribution in [0.3, 0.4) is 0 Å². The van der Waals surface area contributed by atoms with E-state index in [-0.39, 0.29) is 24.2 Å². The Labute approximate surface area is 158 Å². The number of aliphatic hydroxyl groups excluding tert-OH is 1. The maximum atomic E-state index is 13.0. The predicted molar refractivity (Wildman–Crippen MR) is 97.3 cm³/mol. The fraction of sp³-hybridized carbons (Fsp3) is 0.500. The summed E-state index contributed by atoms with van der Waals surface area (Å²) in [5, 5.41) is 14.8. The molecule has 0 spiro atoms. The SMILES string of the molecule is CCn1ncc(S(=O)(=O)N2CC[C@@H](c3ccc4c(c3)OCO4)[C@H](O)C2)c1C. The second kappa shape index (κ2) is 6.81. The van der Waals surface area contributed by atoms with Crippen LogP contribution in [0.2, 0.25) is 0 Å². The highest BCUT2D eigenvalue weighted by molar-refractivity contribution is 7.89. The van der Waals surface area contributed by atoms with E-state index in [1.54, 1.807) is 11.6 Å². The highest BCUT2D eigenvalue weighted by Crippen LogP contribution is 2.38. The second-order valence-electron chi connectivity index (χ2n) is 6.85. The third-order valence-electron chi connectivity index (χ3n) is 5.34. The summed E-state index contributed by atoms with van der Waals surface area (Å²) in [6.45, 7) is 4.86. The Morgan fingerprint density at radius 2 is 2.07 bits per heavy atom. The molecule has 146 valence electrons. The minimum atomic E-state index is -3.68. The summed E-state index contributed by atoms with van der Waals surface area (Å²) >= 11 is 0.